The van der Waals surface area contributed by atoms with Crippen LogP contribution in [0.4, 0.5) is 0 Å². The van der Waals surface area contributed by atoms with Gasteiger partial charge in [0.05, 0.1) is 0 Å². The number of pyridine rings is 1. The van der Waals surface area contributed by atoms with Crippen LogP contribution in [0.2, 0.25) is 0 Å². The minimum Gasteiger partial charge on any atom is -0.502 e. The minimum atomic E-state index is -0.913. The largest absolute Gasteiger partial charge is 0.502 e. The summed E-state index contributed by atoms with van der Waals surface area (Å²) in [6.45, 7) is 4.00. The molecular formula is C29H37N3O7S. The van der Waals surface area contributed by atoms with Crippen molar-refractivity contribution in [1.29, 1.82) is 0 Å². The molecule has 2 saturated heterocycles. The number of nitrogens with one attached hydrogen (secondary N) is 1. The number of carbonyl (C=O) groups excluding carboxylic acids is 2. The molecular weight excluding hydrogens is 534 g/mol. The van der Waals surface area contributed by atoms with E-state index >= 15 is 0 Å². The molecule has 3 aliphatic rings. The molecule has 2 aromatic heterocycles. The van der Waals surface area contributed by atoms with Gasteiger partial charge < -0.3 is 29.0 Å². The molecule has 11 heteroatoms. The summed E-state index contributed by atoms with van der Waals surface area (Å²) in [6, 6.07) is 5.85. The van der Waals surface area contributed by atoms with E-state index in [1.807, 2.05) is 21.8 Å². The Morgan fingerprint density at radius 1 is 1.20 bits per heavy atom. The molecule has 3 atom stereocenters. The van der Waals surface area contributed by atoms with Gasteiger partial charge in [-0.1, -0.05) is 6.07 Å². The predicted octanol–water partition coefficient (Wildman–Crippen LogP) is 2.14. The smallest absolute Gasteiger partial charge is 0.250 e. The molecule has 5 heterocycles. The van der Waals surface area contributed by atoms with Crippen molar-refractivity contribution in [3.63, 3.8) is 0 Å². The first-order chi connectivity index (χ1) is 19.2. The maximum atomic E-state index is 13.8. The van der Waals surface area contributed by atoms with Crippen LogP contribution in [0.3, 0.4) is 0 Å². The number of likely N-dealkylation sites (tertiary alicyclic amines) is 1. The maximum absolute atomic E-state index is 13.8. The SMILES string of the molecule is CSCC[C@H](NC(=O)CC1(c2oc(C)cc(=O)c2O)CCOCC1)C(=O)N1C[C@H]2C[C@@H](C1)c1cccc(=O)n1C2. The van der Waals surface area contributed by atoms with Crippen molar-refractivity contribution in [1.82, 2.24) is 14.8 Å². The normalized spacial score (nSPS) is 22.3. The maximum Gasteiger partial charge on any atom is 0.250 e. The van der Waals surface area contributed by atoms with Crippen LogP contribution >= 0.6 is 11.8 Å². The number of amides is 2. The number of fused-ring (bicyclic) bond motifs is 4. The van der Waals surface area contributed by atoms with Gasteiger partial charge in [-0.25, -0.2) is 0 Å². The monoisotopic (exact) mass is 571 g/mol. The Labute approximate surface area is 237 Å². The first-order valence-electron chi connectivity index (χ1n) is 13.9. The van der Waals surface area contributed by atoms with Crippen LogP contribution in [0.1, 0.15) is 55.2 Å². The summed E-state index contributed by atoms with van der Waals surface area (Å²) in [4.78, 5) is 54.0. The lowest BCUT2D eigenvalue weighted by atomic mass is 9.74. The third kappa shape index (κ3) is 5.72. The van der Waals surface area contributed by atoms with Gasteiger partial charge in [-0.05, 0) is 56.6 Å². The molecule has 2 aromatic rings. The number of hydrogen-bond acceptors (Lipinski definition) is 8. The second-order valence-corrected chi connectivity index (χ2v) is 12.3. The Balaban J connectivity index is 1.34. The molecule has 5 rings (SSSR count). The molecule has 0 unspecified atom stereocenters. The number of aromatic nitrogens is 1. The molecule has 216 valence electrons. The highest BCUT2D eigenvalue weighted by molar-refractivity contribution is 7.98. The molecule has 40 heavy (non-hydrogen) atoms. The van der Waals surface area contributed by atoms with E-state index in [2.05, 4.69) is 5.32 Å². The van der Waals surface area contributed by atoms with Gasteiger partial charge in [-0.2, -0.15) is 11.8 Å². The highest BCUT2D eigenvalue weighted by atomic mass is 32.2. The topological polar surface area (TPSA) is 131 Å². The van der Waals surface area contributed by atoms with Crippen LogP contribution in [0.25, 0.3) is 0 Å². The molecule has 2 N–H and O–H groups in total. The van der Waals surface area contributed by atoms with Gasteiger partial charge in [-0.15, -0.1) is 0 Å². The van der Waals surface area contributed by atoms with Gasteiger partial charge in [0.1, 0.15) is 11.8 Å². The number of piperidine rings is 1. The lowest BCUT2D eigenvalue weighted by Crippen LogP contribution is -2.55. The molecule has 0 saturated carbocycles. The molecule has 10 nitrogen and oxygen atoms in total. The molecule has 3 aliphatic heterocycles. The molecule has 0 radical (unpaired) electrons. The summed E-state index contributed by atoms with van der Waals surface area (Å²) < 4.78 is 13.2. The van der Waals surface area contributed by atoms with Crippen molar-refractivity contribution in [2.24, 2.45) is 5.92 Å². The number of hydrogen-bond donors (Lipinski definition) is 2. The minimum absolute atomic E-state index is 0.00499. The molecule has 0 aromatic carbocycles. The quantitative estimate of drug-likeness (QED) is 0.493. The van der Waals surface area contributed by atoms with E-state index in [1.165, 1.54) is 6.07 Å². The third-order valence-electron chi connectivity index (χ3n) is 8.51. The Morgan fingerprint density at radius 2 is 1.98 bits per heavy atom. The van der Waals surface area contributed by atoms with Crippen LogP contribution in [0.15, 0.2) is 38.3 Å². The van der Waals surface area contributed by atoms with E-state index in [0.29, 0.717) is 63.6 Å². The number of ether oxygens (including phenoxy) is 1. The van der Waals surface area contributed by atoms with Crippen molar-refractivity contribution in [2.75, 3.05) is 38.3 Å². The van der Waals surface area contributed by atoms with Gasteiger partial charge in [0, 0.05) is 68.4 Å². The average Bonchev–Trinajstić information content (AvgIpc) is 2.93. The summed E-state index contributed by atoms with van der Waals surface area (Å²) in [5.41, 5.74) is -0.497. The number of carbonyl (C=O) groups is 2. The van der Waals surface area contributed by atoms with E-state index < -0.39 is 22.6 Å². The van der Waals surface area contributed by atoms with Crippen molar-refractivity contribution in [3.8, 4) is 5.75 Å². The van der Waals surface area contributed by atoms with Crippen LogP contribution in [0, 0.1) is 12.8 Å². The van der Waals surface area contributed by atoms with Crippen molar-refractivity contribution >= 4 is 23.6 Å². The Hall–Kier alpha value is -3.05. The summed E-state index contributed by atoms with van der Waals surface area (Å²) in [5.74, 6) is 0.507. The second kappa shape index (κ2) is 11.8. The van der Waals surface area contributed by atoms with Crippen LogP contribution in [0.5, 0.6) is 5.75 Å². The van der Waals surface area contributed by atoms with Crippen molar-refractivity contribution in [3.05, 3.63) is 62.1 Å². The Morgan fingerprint density at radius 3 is 2.73 bits per heavy atom. The molecule has 2 amide bonds. The second-order valence-electron chi connectivity index (χ2n) is 11.3. The fourth-order valence-corrected chi connectivity index (χ4v) is 7.02. The van der Waals surface area contributed by atoms with Gasteiger partial charge in [0.25, 0.3) is 5.56 Å². The van der Waals surface area contributed by atoms with Crippen molar-refractivity contribution < 1.29 is 23.8 Å². The zero-order valence-electron chi connectivity index (χ0n) is 23.0. The number of rotatable bonds is 8. The van der Waals surface area contributed by atoms with E-state index in [1.54, 1.807) is 30.8 Å². The predicted molar refractivity (Wildman–Crippen MR) is 151 cm³/mol. The van der Waals surface area contributed by atoms with Crippen LogP contribution in [-0.4, -0.2) is 70.7 Å². The fraction of sp³-hybridized carbons (Fsp3) is 0.586. The molecule has 2 fully saturated rings. The van der Waals surface area contributed by atoms with E-state index in [9.17, 15) is 24.3 Å². The first kappa shape index (κ1) is 28.5. The standard InChI is InChI=1S/C29H37N3O7S/c1-18-12-23(33)26(36)27(39-18)29(7-9-38-10-8-29)14-24(34)30-21(6-11-40-2)28(37)31-15-19-13-20(17-31)22-4-3-5-25(35)32(22)16-19/h3-5,12,19-21,36H,6-11,13-17H2,1-2H3,(H,30,34)/t19-,20+,21+/m1/s1. The first-order valence-corrected chi connectivity index (χ1v) is 15.3. The van der Waals surface area contributed by atoms with Gasteiger partial charge in [0.2, 0.25) is 23.0 Å². The summed E-state index contributed by atoms with van der Waals surface area (Å²) in [6.07, 6.45) is 4.14. The van der Waals surface area contributed by atoms with Gasteiger partial charge in [-0.3, -0.25) is 19.2 Å². The van der Waals surface area contributed by atoms with E-state index in [0.717, 1.165) is 12.1 Å². The van der Waals surface area contributed by atoms with E-state index in [4.69, 9.17) is 9.15 Å². The molecule has 0 aliphatic carbocycles. The Bertz CT molecular complexity index is 1380. The van der Waals surface area contributed by atoms with E-state index in [-0.39, 0.29) is 41.4 Å². The lowest BCUT2D eigenvalue weighted by Gasteiger charge is -2.43. The lowest BCUT2D eigenvalue weighted by molar-refractivity contribution is -0.139. The van der Waals surface area contributed by atoms with Gasteiger partial charge >= 0.3 is 0 Å². The number of aromatic hydroxyl groups is 1. The highest BCUT2D eigenvalue weighted by Crippen LogP contribution is 2.41. The van der Waals surface area contributed by atoms with Crippen LogP contribution < -0.4 is 16.3 Å². The fourth-order valence-electron chi connectivity index (χ4n) is 6.55. The number of aryl methyl sites for hydroxylation is 1. The van der Waals surface area contributed by atoms with Crippen LogP contribution in [-0.2, 0) is 26.3 Å². The average molecular weight is 572 g/mol. The molecule has 2 bridgehead atoms. The van der Waals surface area contributed by atoms with Crippen molar-refractivity contribution in [2.45, 2.75) is 62.9 Å². The Kier molecular flexibility index (Phi) is 8.42. The highest BCUT2D eigenvalue weighted by Gasteiger charge is 2.43. The third-order valence-corrected chi connectivity index (χ3v) is 9.16. The summed E-state index contributed by atoms with van der Waals surface area (Å²) >= 11 is 1.61. The summed E-state index contributed by atoms with van der Waals surface area (Å²) in [5, 5.41) is 13.6. The zero-order chi connectivity index (χ0) is 28.4. The number of thioether (sulfide) groups is 1. The number of nitrogens with zero attached hydrogens (tertiary/aromatic N) is 2. The summed E-state index contributed by atoms with van der Waals surface area (Å²) in [7, 11) is 0. The molecule has 0 spiro atoms. The zero-order valence-corrected chi connectivity index (χ0v) is 23.8. The van der Waals surface area contributed by atoms with Gasteiger partial charge in [0.15, 0.2) is 5.76 Å².